The van der Waals surface area contributed by atoms with Crippen LogP contribution >= 0.6 is 11.6 Å². The molecule has 100 valence electrons. The number of ether oxygens (including phenoxy) is 1. The minimum absolute atomic E-state index is 0.0314. The second-order valence-corrected chi connectivity index (χ2v) is 4.13. The van der Waals surface area contributed by atoms with Crippen LogP contribution < -0.4 is 4.74 Å². The first-order chi connectivity index (χ1) is 8.58. The van der Waals surface area contributed by atoms with Gasteiger partial charge in [-0.1, -0.05) is 6.07 Å². The zero-order valence-electron chi connectivity index (χ0n) is 10.1. The van der Waals surface area contributed by atoms with Gasteiger partial charge in [0, 0.05) is 19.0 Å². The first-order valence-electron chi connectivity index (χ1n) is 5.48. The SMILES string of the molecule is COc1cc(CN(CCCCl)C(=O)O)ccc1O. The number of nitrogens with zero attached hydrogens (tertiary/aromatic N) is 1. The first kappa shape index (κ1) is 14.4. The summed E-state index contributed by atoms with van der Waals surface area (Å²) >= 11 is 5.55. The van der Waals surface area contributed by atoms with Crippen molar-refractivity contribution in [2.24, 2.45) is 0 Å². The van der Waals surface area contributed by atoms with Crippen LogP contribution in [0, 0.1) is 0 Å². The van der Waals surface area contributed by atoms with Crippen molar-refractivity contribution in [1.29, 1.82) is 0 Å². The molecule has 0 spiro atoms. The highest BCUT2D eigenvalue weighted by molar-refractivity contribution is 6.17. The molecule has 0 heterocycles. The van der Waals surface area contributed by atoms with Crippen molar-refractivity contribution in [1.82, 2.24) is 4.90 Å². The molecule has 0 radical (unpaired) electrons. The Labute approximate surface area is 111 Å². The van der Waals surface area contributed by atoms with E-state index < -0.39 is 6.09 Å². The van der Waals surface area contributed by atoms with E-state index in [1.165, 1.54) is 18.1 Å². The highest BCUT2D eigenvalue weighted by Gasteiger charge is 2.13. The average molecular weight is 274 g/mol. The summed E-state index contributed by atoms with van der Waals surface area (Å²) in [5.41, 5.74) is 0.752. The van der Waals surface area contributed by atoms with Crippen molar-refractivity contribution < 1.29 is 19.7 Å². The second kappa shape index (κ2) is 6.96. The smallest absolute Gasteiger partial charge is 0.407 e. The van der Waals surface area contributed by atoms with Crippen LogP contribution in [0.4, 0.5) is 4.79 Å². The maximum absolute atomic E-state index is 11.0. The molecule has 0 saturated carbocycles. The average Bonchev–Trinajstić information content (AvgIpc) is 2.36. The van der Waals surface area contributed by atoms with E-state index in [1.54, 1.807) is 12.1 Å². The summed E-state index contributed by atoms with van der Waals surface area (Å²) in [4.78, 5) is 12.3. The van der Waals surface area contributed by atoms with E-state index in [4.69, 9.17) is 21.4 Å². The number of phenolic OH excluding ortho intramolecular Hbond substituents is 1. The minimum Gasteiger partial charge on any atom is -0.504 e. The highest BCUT2D eigenvalue weighted by atomic mass is 35.5. The lowest BCUT2D eigenvalue weighted by molar-refractivity contribution is 0.142. The van der Waals surface area contributed by atoms with E-state index in [0.717, 1.165) is 5.56 Å². The number of hydrogen-bond donors (Lipinski definition) is 2. The van der Waals surface area contributed by atoms with Crippen molar-refractivity contribution in [3.05, 3.63) is 23.8 Å². The number of aromatic hydroxyl groups is 1. The molecule has 1 amide bonds. The number of phenols is 1. The molecule has 0 unspecified atom stereocenters. The molecule has 0 aliphatic heterocycles. The number of halogens is 1. The number of benzene rings is 1. The van der Waals surface area contributed by atoms with E-state index in [-0.39, 0.29) is 12.3 Å². The fourth-order valence-electron chi connectivity index (χ4n) is 1.53. The summed E-state index contributed by atoms with van der Waals surface area (Å²) in [5.74, 6) is 0.780. The monoisotopic (exact) mass is 273 g/mol. The van der Waals surface area contributed by atoms with E-state index in [2.05, 4.69) is 0 Å². The number of methoxy groups -OCH3 is 1. The molecule has 18 heavy (non-hydrogen) atoms. The third-order valence-electron chi connectivity index (χ3n) is 2.45. The summed E-state index contributed by atoms with van der Waals surface area (Å²) in [6.07, 6.45) is -0.393. The lowest BCUT2D eigenvalue weighted by atomic mass is 10.2. The number of rotatable bonds is 6. The van der Waals surface area contributed by atoms with E-state index in [0.29, 0.717) is 24.6 Å². The number of carboxylic acid groups (broad SMARTS) is 1. The molecule has 1 aromatic carbocycles. The van der Waals surface area contributed by atoms with Gasteiger partial charge in [-0.2, -0.15) is 0 Å². The van der Waals surface area contributed by atoms with Gasteiger partial charge in [-0.15, -0.1) is 11.6 Å². The quantitative estimate of drug-likeness (QED) is 0.782. The van der Waals surface area contributed by atoms with Gasteiger partial charge in [0.15, 0.2) is 11.5 Å². The Morgan fingerprint density at radius 1 is 1.50 bits per heavy atom. The lowest BCUT2D eigenvalue weighted by Gasteiger charge is -2.19. The van der Waals surface area contributed by atoms with Gasteiger partial charge < -0.3 is 19.8 Å². The zero-order valence-corrected chi connectivity index (χ0v) is 10.9. The largest absolute Gasteiger partial charge is 0.504 e. The fourth-order valence-corrected chi connectivity index (χ4v) is 1.65. The van der Waals surface area contributed by atoms with Crippen molar-refractivity contribution in [3.8, 4) is 11.5 Å². The molecule has 0 aliphatic rings. The third-order valence-corrected chi connectivity index (χ3v) is 2.72. The third kappa shape index (κ3) is 4.00. The van der Waals surface area contributed by atoms with E-state index in [1.807, 2.05) is 0 Å². The molecule has 0 aromatic heterocycles. The normalized spacial score (nSPS) is 10.1. The van der Waals surface area contributed by atoms with Crippen LogP contribution in [-0.2, 0) is 6.54 Å². The Bertz CT molecular complexity index is 411. The predicted octanol–water partition coefficient (Wildman–Crippen LogP) is 2.51. The van der Waals surface area contributed by atoms with Gasteiger partial charge in [-0.3, -0.25) is 0 Å². The summed E-state index contributed by atoms with van der Waals surface area (Å²) in [7, 11) is 1.45. The Hall–Kier alpha value is -1.62. The van der Waals surface area contributed by atoms with Crippen molar-refractivity contribution in [3.63, 3.8) is 0 Å². The molecular formula is C12H16ClNO4. The Morgan fingerprint density at radius 2 is 2.22 bits per heavy atom. The lowest BCUT2D eigenvalue weighted by Crippen LogP contribution is -2.30. The second-order valence-electron chi connectivity index (χ2n) is 3.75. The van der Waals surface area contributed by atoms with Crippen LogP contribution in [0.15, 0.2) is 18.2 Å². The summed E-state index contributed by atoms with van der Waals surface area (Å²) in [5, 5.41) is 18.5. The van der Waals surface area contributed by atoms with Crippen molar-refractivity contribution in [2.75, 3.05) is 19.5 Å². The Morgan fingerprint density at radius 3 is 2.78 bits per heavy atom. The summed E-state index contributed by atoms with van der Waals surface area (Å²) < 4.78 is 4.97. The molecule has 0 saturated heterocycles. The van der Waals surface area contributed by atoms with Crippen molar-refractivity contribution in [2.45, 2.75) is 13.0 Å². The molecule has 5 nitrogen and oxygen atoms in total. The highest BCUT2D eigenvalue weighted by Crippen LogP contribution is 2.26. The summed E-state index contributed by atoms with van der Waals surface area (Å²) in [6, 6.07) is 4.76. The molecule has 0 atom stereocenters. The van der Waals surface area contributed by atoms with Crippen LogP contribution in [-0.4, -0.2) is 40.7 Å². The van der Waals surface area contributed by atoms with Crippen LogP contribution in [0.5, 0.6) is 11.5 Å². The number of alkyl halides is 1. The standard InChI is InChI=1S/C12H16ClNO4/c1-18-11-7-9(3-4-10(11)15)8-14(12(16)17)6-2-5-13/h3-4,7,15H,2,5-6,8H2,1H3,(H,16,17). The minimum atomic E-state index is -0.993. The van der Waals surface area contributed by atoms with Crippen molar-refractivity contribution >= 4 is 17.7 Å². The van der Waals surface area contributed by atoms with Gasteiger partial charge in [-0.05, 0) is 24.1 Å². The first-order valence-corrected chi connectivity index (χ1v) is 6.01. The van der Waals surface area contributed by atoms with Gasteiger partial charge in [0.25, 0.3) is 0 Å². The van der Waals surface area contributed by atoms with Gasteiger partial charge in [0.1, 0.15) is 0 Å². The molecule has 0 bridgehead atoms. The molecule has 0 aliphatic carbocycles. The molecular weight excluding hydrogens is 258 g/mol. The van der Waals surface area contributed by atoms with Gasteiger partial charge >= 0.3 is 6.09 Å². The van der Waals surface area contributed by atoms with Gasteiger partial charge in [0.2, 0.25) is 0 Å². The Kier molecular flexibility index (Phi) is 5.58. The van der Waals surface area contributed by atoms with E-state index in [9.17, 15) is 9.90 Å². The molecule has 0 fully saturated rings. The summed E-state index contributed by atoms with van der Waals surface area (Å²) in [6.45, 7) is 0.616. The van der Waals surface area contributed by atoms with Gasteiger partial charge in [0.05, 0.1) is 7.11 Å². The van der Waals surface area contributed by atoms with E-state index >= 15 is 0 Å². The zero-order chi connectivity index (χ0) is 13.5. The maximum atomic E-state index is 11.0. The van der Waals surface area contributed by atoms with Crippen LogP contribution in [0.2, 0.25) is 0 Å². The number of carbonyl (C=O) groups is 1. The maximum Gasteiger partial charge on any atom is 0.407 e. The topological polar surface area (TPSA) is 70.0 Å². The van der Waals surface area contributed by atoms with Gasteiger partial charge in [-0.25, -0.2) is 4.79 Å². The molecule has 6 heteroatoms. The molecule has 2 N–H and O–H groups in total. The predicted molar refractivity (Wildman–Crippen MR) is 68.4 cm³/mol. The number of amides is 1. The van der Waals surface area contributed by atoms with Crippen LogP contribution in [0.25, 0.3) is 0 Å². The Balaban J connectivity index is 2.77. The number of hydrogen-bond acceptors (Lipinski definition) is 3. The fraction of sp³-hybridized carbons (Fsp3) is 0.417. The van der Waals surface area contributed by atoms with Crippen LogP contribution in [0.3, 0.4) is 0 Å². The molecule has 1 aromatic rings. The molecule has 1 rings (SSSR count). The van der Waals surface area contributed by atoms with Crippen LogP contribution in [0.1, 0.15) is 12.0 Å².